The van der Waals surface area contributed by atoms with Crippen molar-refractivity contribution in [3.63, 3.8) is 0 Å². The average Bonchev–Trinajstić information content (AvgIpc) is 2.75. The molecule has 0 bridgehead atoms. The Hall–Kier alpha value is -3.27. The summed E-state index contributed by atoms with van der Waals surface area (Å²) in [6.07, 6.45) is 1.13. The van der Waals surface area contributed by atoms with Crippen LogP contribution in [0.5, 0.6) is 0 Å². The number of nitrogens with one attached hydrogen (secondary N) is 1. The van der Waals surface area contributed by atoms with Crippen LogP contribution in [-0.2, 0) is 17.6 Å². The topological polar surface area (TPSA) is 46.2 Å². The number of ketones is 1. The minimum absolute atomic E-state index is 0.139. The average molecular weight is 418 g/mol. The van der Waals surface area contributed by atoms with Crippen LogP contribution in [-0.4, -0.2) is 11.7 Å². The van der Waals surface area contributed by atoms with Crippen LogP contribution in [0.25, 0.3) is 0 Å². The summed E-state index contributed by atoms with van der Waals surface area (Å²) in [7, 11) is 0. The summed E-state index contributed by atoms with van der Waals surface area (Å²) >= 11 is 0. The van der Waals surface area contributed by atoms with Crippen molar-refractivity contribution in [1.29, 1.82) is 0 Å². The highest BCUT2D eigenvalue weighted by Gasteiger charge is 2.19. The van der Waals surface area contributed by atoms with Gasteiger partial charge in [0.1, 0.15) is 5.82 Å². The van der Waals surface area contributed by atoms with Gasteiger partial charge in [-0.25, -0.2) is 4.39 Å². The van der Waals surface area contributed by atoms with E-state index in [0.29, 0.717) is 11.6 Å². The molecule has 0 heterocycles. The van der Waals surface area contributed by atoms with Gasteiger partial charge in [0.25, 0.3) is 0 Å². The largest absolute Gasteiger partial charge is 0.325 e. The molecule has 0 saturated heterocycles. The summed E-state index contributed by atoms with van der Waals surface area (Å²) in [6, 6.07) is 21.2. The lowest BCUT2D eigenvalue weighted by atomic mass is 9.96. The third kappa shape index (κ3) is 6.11. The van der Waals surface area contributed by atoms with Crippen molar-refractivity contribution in [2.24, 2.45) is 5.92 Å². The highest BCUT2D eigenvalue weighted by molar-refractivity contribution is 6.06. The van der Waals surface area contributed by atoms with Crippen LogP contribution in [0.2, 0.25) is 0 Å². The molecule has 1 atom stereocenters. The number of hydrogen-bond acceptors (Lipinski definition) is 2. The van der Waals surface area contributed by atoms with Gasteiger partial charge in [-0.05, 0) is 54.2 Å². The van der Waals surface area contributed by atoms with E-state index < -0.39 is 11.7 Å². The van der Waals surface area contributed by atoms with Crippen molar-refractivity contribution in [3.8, 4) is 0 Å². The summed E-state index contributed by atoms with van der Waals surface area (Å²) in [5, 5.41) is 2.82. The van der Waals surface area contributed by atoms with E-state index in [4.69, 9.17) is 0 Å². The third-order valence-electron chi connectivity index (χ3n) is 5.26. The molecule has 3 nitrogen and oxygen atoms in total. The van der Waals surface area contributed by atoms with Crippen LogP contribution in [0.4, 0.5) is 10.1 Å². The summed E-state index contributed by atoms with van der Waals surface area (Å²) in [5.74, 6) is -0.834. The fourth-order valence-electron chi connectivity index (χ4n) is 3.54. The van der Waals surface area contributed by atoms with Gasteiger partial charge in [-0.2, -0.15) is 0 Å². The highest BCUT2D eigenvalue weighted by atomic mass is 19.1. The molecule has 0 spiro atoms. The number of carbonyl (C=O) groups is 2. The summed E-state index contributed by atoms with van der Waals surface area (Å²) in [4.78, 5) is 25.7. The fraction of sp³-hybridized carbons (Fsp3) is 0.259. The van der Waals surface area contributed by atoms with Gasteiger partial charge in [-0.15, -0.1) is 0 Å². The molecule has 4 heteroatoms. The van der Waals surface area contributed by atoms with E-state index in [1.807, 2.05) is 61.5 Å². The zero-order chi connectivity index (χ0) is 22.4. The molecule has 160 valence electrons. The lowest BCUT2D eigenvalue weighted by Crippen LogP contribution is -2.21. The van der Waals surface area contributed by atoms with Gasteiger partial charge >= 0.3 is 0 Å². The second kappa shape index (κ2) is 10.2. The van der Waals surface area contributed by atoms with E-state index >= 15 is 0 Å². The second-order valence-corrected chi connectivity index (χ2v) is 8.33. The molecule has 0 unspecified atom stereocenters. The van der Waals surface area contributed by atoms with E-state index in [1.165, 1.54) is 23.8 Å². The van der Waals surface area contributed by atoms with Crippen LogP contribution in [0.15, 0.2) is 72.8 Å². The smallest absolute Gasteiger partial charge is 0.231 e. The molecular weight excluding hydrogens is 389 g/mol. The lowest BCUT2D eigenvalue weighted by Gasteiger charge is -2.16. The standard InChI is InChI=1S/C27H28FNO2/c1-18(2)15-21-9-11-22(12-10-21)19(3)27(31)29-25-14-13-23(28)17-24(25)26(30)16-20-7-5-4-6-8-20/h4-14,17-19H,15-16H2,1-3H3,(H,29,31)/t19-/m1/s1. The lowest BCUT2D eigenvalue weighted by molar-refractivity contribution is -0.117. The van der Waals surface area contributed by atoms with Gasteiger partial charge in [0.05, 0.1) is 11.6 Å². The maximum Gasteiger partial charge on any atom is 0.231 e. The first-order valence-corrected chi connectivity index (χ1v) is 10.6. The molecular formula is C27H28FNO2. The van der Waals surface area contributed by atoms with E-state index in [0.717, 1.165) is 17.5 Å². The van der Waals surface area contributed by atoms with E-state index in [2.05, 4.69) is 19.2 Å². The number of hydrogen-bond donors (Lipinski definition) is 1. The van der Waals surface area contributed by atoms with E-state index in [-0.39, 0.29) is 23.7 Å². The van der Waals surface area contributed by atoms with Crippen molar-refractivity contribution in [2.45, 2.75) is 39.5 Å². The van der Waals surface area contributed by atoms with Crippen LogP contribution in [0.3, 0.4) is 0 Å². The Bertz CT molecular complexity index is 1040. The normalized spacial score (nSPS) is 11.9. The summed E-state index contributed by atoms with van der Waals surface area (Å²) in [6.45, 7) is 6.16. The predicted molar refractivity (Wildman–Crippen MR) is 123 cm³/mol. The van der Waals surface area contributed by atoms with Crippen LogP contribution in [0, 0.1) is 11.7 Å². The van der Waals surface area contributed by atoms with Crippen molar-refractivity contribution in [1.82, 2.24) is 0 Å². The Kier molecular flexibility index (Phi) is 7.35. The fourth-order valence-corrected chi connectivity index (χ4v) is 3.54. The summed E-state index contributed by atoms with van der Waals surface area (Å²) in [5.41, 5.74) is 3.47. The molecule has 3 aromatic rings. The van der Waals surface area contributed by atoms with Crippen molar-refractivity contribution < 1.29 is 14.0 Å². The molecule has 0 aliphatic carbocycles. The first-order valence-electron chi connectivity index (χ1n) is 10.6. The second-order valence-electron chi connectivity index (χ2n) is 8.33. The maximum atomic E-state index is 13.9. The minimum Gasteiger partial charge on any atom is -0.325 e. The highest BCUT2D eigenvalue weighted by Crippen LogP contribution is 2.23. The zero-order valence-corrected chi connectivity index (χ0v) is 18.2. The number of halogens is 1. The Balaban J connectivity index is 1.75. The number of Topliss-reactive ketones (excluding diaryl/α,β-unsaturated/α-hetero) is 1. The van der Waals surface area contributed by atoms with Crippen LogP contribution >= 0.6 is 0 Å². The van der Waals surface area contributed by atoms with E-state index in [1.54, 1.807) is 0 Å². The molecule has 0 aliphatic heterocycles. The molecule has 0 aliphatic rings. The molecule has 1 amide bonds. The number of benzene rings is 3. The van der Waals surface area contributed by atoms with Gasteiger partial charge < -0.3 is 5.32 Å². The number of anilines is 1. The molecule has 1 N–H and O–H groups in total. The van der Waals surface area contributed by atoms with Crippen molar-refractivity contribution in [2.75, 3.05) is 5.32 Å². The van der Waals surface area contributed by atoms with Gasteiger partial charge in [-0.3, -0.25) is 9.59 Å². The number of carbonyl (C=O) groups excluding carboxylic acids is 2. The van der Waals surface area contributed by atoms with Gasteiger partial charge in [0.15, 0.2) is 5.78 Å². The SMILES string of the molecule is CC(C)Cc1ccc([C@@H](C)C(=O)Nc2ccc(F)cc2C(=O)Cc2ccccc2)cc1. The Morgan fingerprint density at radius 1 is 0.871 bits per heavy atom. The van der Waals surface area contributed by atoms with Gasteiger partial charge in [0.2, 0.25) is 5.91 Å². The molecule has 31 heavy (non-hydrogen) atoms. The first-order chi connectivity index (χ1) is 14.8. The third-order valence-corrected chi connectivity index (χ3v) is 5.26. The molecule has 0 fully saturated rings. The van der Waals surface area contributed by atoms with E-state index in [9.17, 15) is 14.0 Å². The number of rotatable bonds is 8. The van der Waals surface area contributed by atoms with Crippen molar-refractivity contribution in [3.05, 3.63) is 101 Å². The minimum atomic E-state index is -0.511. The molecule has 3 aromatic carbocycles. The number of amides is 1. The zero-order valence-electron chi connectivity index (χ0n) is 18.2. The quantitative estimate of drug-likeness (QED) is 0.444. The van der Waals surface area contributed by atoms with Crippen LogP contribution < -0.4 is 5.32 Å². The molecule has 0 aromatic heterocycles. The monoisotopic (exact) mass is 417 g/mol. The Labute approximate surface area is 183 Å². The molecule has 0 radical (unpaired) electrons. The Morgan fingerprint density at radius 2 is 1.55 bits per heavy atom. The summed E-state index contributed by atoms with van der Waals surface area (Å²) < 4.78 is 13.9. The Morgan fingerprint density at radius 3 is 2.19 bits per heavy atom. The predicted octanol–water partition coefficient (Wildman–Crippen LogP) is 6.19. The van der Waals surface area contributed by atoms with Gasteiger partial charge in [0, 0.05) is 12.0 Å². The molecule has 0 saturated carbocycles. The molecule has 3 rings (SSSR count). The van der Waals surface area contributed by atoms with Crippen LogP contribution in [0.1, 0.15) is 53.7 Å². The maximum absolute atomic E-state index is 13.9. The first kappa shape index (κ1) is 22.4. The van der Waals surface area contributed by atoms with Crippen molar-refractivity contribution >= 4 is 17.4 Å². The van der Waals surface area contributed by atoms with Gasteiger partial charge in [-0.1, -0.05) is 68.4 Å².